The predicted molar refractivity (Wildman–Crippen MR) is 58.2 cm³/mol. The van der Waals surface area contributed by atoms with Crippen LogP contribution < -0.4 is 10.6 Å². The van der Waals surface area contributed by atoms with Crippen LogP contribution in [0.3, 0.4) is 0 Å². The minimum absolute atomic E-state index is 0.762. The molecule has 1 fully saturated rings. The van der Waals surface area contributed by atoms with Gasteiger partial charge in [-0.25, -0.2) is 0 Å². The topological polar surface area (TPSA) is 52.6 Å². The van der Waals surface area contributed by atoms with Crippen molar-refractivity contribution in [1.82, 2.24) is 10.6 Å². The highest BCUT2D eigenvalue weighted by atomic mass is 16.3. The van der Waals surface area contributed by atoms with Crippen molar-refractivity contribution in [3.8, 4) is 0 Å². The number of hydrogen-bond donors (Lipinski definition) is 2. The molecule has 0 amide bonds. The summed E-state index contributed by atoms with van der Waals surface area (Å²) in [5.41, 5.74) is 0. The van der Waals surface area contributed by atoms with Crippen LogP contribution in [0.1, 0.15) is 11.5 Å². The quantitative estimate of drug-likeness (QED) is 0.411. The SMILES string of the molecule is Cc1ccc(/C=N\[N+](C)=C2NCCN2)o1. The number of guanidine groups is 1. The van der Waals surface area contributed by atoms with Crippen LogP contribution in [0, 0.1) is 6.92 Å². The summed E-state index contributed by atoms with van der Waals surface area (Å²) in [7, 11) is 1.88. The molecule has 80 valence electrons. The molecule has 0 atom stereocenters. The Labute approximate surface area is 88.5 Å². The third-order valence-electron chi connectivity index (χ3n) is 2.15. The van der Waals surface area contributed by atoms with Crippen LogP contribution in [-0.2, 0) is 0 Å². The van der Waals surface area contributed by atoms with E-state index in [0.717, 1.165) is 30.6 Å². The van der Waals surface area contributed by atoms with Gasteiger partial charge in [0.2, 0.25) is 0 Å². The average Bonchev–Trinajstić information content (AvgIpc) is 2.84. The Kier molecular flexibility index (Phi) is 2.71. The highest BCUT2D eigenvalue weighted by molar-refractivity contribution is 5.78. The molecule has 0 aromatic carbocycles. The molecule has 0 aliphatic carbocycles. The van der Waals surface area contributed by atoms with Crippen molar-refractivity contribution in [2.24, 2.45) is 5.10 Å². The molecule has 5 nitrogen and oxygen atoms in total. The number of hydrogen-bond acceptors (Lipinski definition) is 2. The molecule has 1 aromatic rings. The third kappa shape index (κ3) is 2.37. The van der Waals surface area contributed by atoms with Crippen LogP contribution in [0.2, 0.25) is 0 Å². The van der Waals surface area contributed by atoms with Crippen molar-refractivity contribution < 1.29 is 9.10 Å². The van der Waals surface area contributed by atoms with Crippen molar-refractivity contribution >= 4 is 12.2 Å². The maximum absolute atomic E-state index is 5.37. The number of nitrogens with zero attached hydrogens (tertiary/aromatic N) is 2. The van der Waals surface area contributed by atoms with Gasteiger partial charge in [-0.2, -0.15) is 0 Å². The van der Waals surface area contributed by atoms with Crippen LogP contribution >= 0.6 is 0 Å². The van der Waals surface area contributed by atoms with Crippen LogP contribution in [0.5, 0.6) is 0 Å². The molecule has 0 spiro atoms. The minimum Gasteiger partial charge on any atom is -0.460 e. The van der Waals surface area contributed by atoms with Gasteiger partial charge in [-0.3, -0.25) is 10.6 Å². The summed E-state index contributed by atoms with van der Waals surface area (Å²) in [5.74, 6) is 2.58. The number of furan rings is 1. The van der Waals surface area contributed by atoms with E-state index in [2.05, 4.69) is 15.7 Å². The first kappa shape index (κ1) is 9.76. The lowest BCUT2D eigenvalue weighted by Gasteiger charge is -1.95. The lowest BCUT2D eigenvalue weighted by Crippen LogP contribution is -2.31. The molecule has 2 rings (SSSR count). The van der Waals surface area contributed by atoms with E-state index in [-0.39, 0.29) is 0 Å². The maximum Gasteiger partial charge on any atom is 0.369 e. The second-order valence-corrected chi connectivity index (χ2v) is 3.42. The van der Waals surface area contributed by atoms with E-state index < -0.39 is 0 Å². The average molecular weight is 207 g/mol. The smallest absolute Gasteiger partial charge is 0.369 e. The lowest BCUT2D eigenvalue weighted by molar-refractivity contribution is -0.505. The van der Waals surface area contributed by atoms with Gasteiger partial charge in [0.25, 0.3) is 0 Å². The van der Waals surface area contributed by atoms with Crippen LogP contribution in [-0.4, -0.2) is 37.0 Å². The highest BCUT2D eigenvalue weighted by Gasteiger charge is 2.15. The summed E-state index contributed by atoms with van der Waals surface area (Å²) < 4.78 is 7.13. The van der Waals surface area contributed by atoms with Crippen LogP contribution in [0.25, 0.3) is 0 Å². The zero-order valence-corrected chi connectivity index (χ0v) is 8.95. The molecule has 1 saturated heterocycles. The van der Waals surface area contributed by atoms with Gasteiger partial charge < -0.3 is 4.42 Å². The number of rotatable bonds is 2. The summed E-state index contributed by atoms with van der Waals surface area (Å²) in [5, 5.41) is 10.6. The summed E-state index contributed by atoms with van der Waals surface area (Å²) in [6.45, 7) is 3.79. The first-order valence-electron chi connectivity index (χ1n) is 4.94. The number of hydrazone groups is 1. The Morgan fingerprint density at radius 2 is 2.13 bits per heavy atom. The number of nitrogens with one attached hydrogen (secondary N) is 2. The molecule has 0 radical (unpaired) electrons. The van der Waals surface area contributed by atoms with Crippen LogP contribution in [0.4, 0.5) is 0 Å². The molecule has 0 saturated carbocycles. The summed E-state index contributed by atoms with van der Waals surface area (Å²) >= 11 is 0. The van der Waals surface area contributed by atoms with Gasteiger partial charge in [0.05, 0.1) is 20.1 Å². The van der Waals surface area contributed by atoms with Gasteiger partial charge in [0.15, 0.2) is 0 Å². The summed E-state index contributed by atoms with van der Waals surface area (Å²) in [6.07, 6.45) is 1.70. The highest BCUT2D eigenvalue weighted by Crippen LogP contribution is 2.02. The van der Waals surface area contributed by atoms with Crippen LogP contribution in [0.15, 0.2) is 21.7 Å². The predicted octanol–water partition coefficient (Wildman–Crippen LogP) is 0.113. The largest absolute Gasteiger partial charge is 0.460 e. The van der Waals surface area contributed by atoms with E-state index in [0.29, 0.717) is 0 Å². The zero-order chi connectivity index (χ0) is 10.7. The van der Waals surface area contributed by atoms with E-state index in [1.54, 1.807) is 10.9 Å². The van der Waals surface area contributed by atoms with E-state index in [1.165, 1.54) is 0 Å². The molecule has 1 aliphatic rings. The molecule has 0 bridgehead atoms. The molecule has 5 heteroatoms. The van der Waals surface area contributed by atoms with Crippen molar-refractivity contribution in [1.29, 1.82) is 0 Å². The Morgan fingerprint density at radius 3 is 2.73 bits per heavy atom. The van der Waals surface area contributed by atoms with E-state index >= 15 is 0 Å². The van der Waals surface area contributed by atoms with Crippen molar-refractivity contribution in [2.75, 3.05) is 20.1 Å². The Balaban J connectivity index is 2.08. The molecule has 2 heterocycles. The van der Waals surface area contributed by atoms with E-state index in [1.807, 2.05) is 26.1 Å². The van der Waals surface area contributed by atoms with Gasteiger partial charge in [-0.05, 0) is 19.1 Å². The van der Waals surface area contributed by atoms with Crippen molar-refractivity contribution in [3.63, 3.8) is 0 Å². The number of aryl methyl sites for hydroxylation is 1. The second-order valence-electron chi connectivity index (χ2n) is 3.42. The minimum atomic E-state index is 0.762. The Morgan fingerprint density at radius 1 is 1.40 bits per heavy atom. The van der Waals surface area contributed by atoms with E-state index in [4.69, 9.17) is 4.42 Å². The molecular formula is C10H15N4O+. The molecule has 2 N–H and O–H groups in total. The molecule has 15 heavy (non-hydrogen) atoms. The zero-order valence-electron chi connectivity index (χ0n) is 8.95. The summed E-state index contributed by atoms with van der Waals surface area (Å²) in [4.78, 5) is 0. The normalized spacial score (nSPS) is 15.5. The van der Waals surface area contributed by atoms with Gasteiger partial charge >= 0.3 is 5.96 Å². The fourth-order valence-corrected chi connectivity index (χ4v) is 1.38. The lowest BCUT2D eigenvalue weighted by atomic mass is 10.4. The first-order chi connectivity index (χ1) is 7.25. The molecular weight excluding hydrogens is 192 g/mol. The molecule has 0 unspecified atom stereocenters. The Hall–Kier alpha value is -1.78. The fourth-order valence-electron chi connectivity index (χ4n) is 1.38. The van der Waals surface area contributed by atoms with Crippen molar-refractivity contribution in [3.05, 3.63) is 23.7 Å². The van der Waals surface area contributed by atoms with Gasteiger partial charge in [-0.15, -0.1) is 9.79 Å². The summed E-state index contributed by atoms with van der Waals surface area (Å²) in [6, 6.07) is 3.81. The standard InChI is InChI=1S/C10H14N4O/c1-8-3-4-9(15-8)7-13-14(2)10-11-5-6-12-10/h3-4,7H,5-6H2,1-2H3,(H,11,12)/p+1/b13-7-. The van der Waals surface area contributed by atoms with Gasteiger partial charge in [-0.1, -0.05) is 0 Å². The van der Waals surface area contributed by atoms with Crippen molar-refractivity contribution in [2.45, 2.75) is 6.92 Å². The monoisotopic (exact) mass is 207 g/mol. The molecule has 1 aromatic heterocycles. The van der Waals surface area contributed by atoms with Gasteiger partial charge in [0, 0.05) is 0 Å². The fraction of sp³-hybridized carbons (Fsp3) is 0.400. The second kappa shape index (κ2) is 4.16. The molecule has 1 aliphatic heterocycles. The first-order valence-corrected chi connectivity index (χ1v) is 4.94. The third-order valence-corrected chi connectivity index (χ3v) is 2.15. The van der Waals surface area contributed by atoms with E-state index in [9.17, 15) is 0 Å². The maximum atomic E-state index is 5.37. The Bertz CT molecular complexity index is 397. The van der Waals surface area contributed by atoms with Gasteiger partial charge in [0.1, 0.15) is 17.7 Å².